The highest BCUT2D eigenvalue weighted by Crippen LogP contribution is 2.21. The van der Waals surface area contributed by atoms with Gasteiger partial charge in [0.05, 0.1) is 10.5 Å². The maximum absolute atomic E-state index is 11.1. The average molecular weight is 400 g/mol. The van der Waals surface area contributed by atoms with Crippen LogP contribution in [-0.4, -0.2) is 47.2 Å². The Labute approximate surface area is 175 Å². The molecule has 3 aromatic carbocycles. The van der Waals surface area contributed by atoms with Gasteiger partial charge in [-0.2, -0.15) is 5.10 Å². The van der Waals surface area contributed by atoms with Crippen LogP contribution in [-0.2, 0) is 6.54 Å². The predicted octanol–water partition coefficient (Wildman–Crippen LogP) is 4.56. The van der Waals surface area contributed by atoms with Crippen molar-refractivity contribution in [2.24, 2.45) is 5.10 Å². The number of allylic oxidation sites excluding steroid dienone is 1. The highest BCUT2D eigenvalue weighted by molar-refractivity contribution is 5.85. The molecule has 0 radical (unpaired) electrons. The van der Waals surface area contributed by atoms with E-state index in [0.717, 1.165) is 32.7 Å². The van der Waals surface area contributed by atoms with Gasteiger partial charge in [-0.15, -0.1) is 0 Å². The van der Waals surface area contributed by atoms with Crippen LogP contribution in [0.5, 0.6) is 0 Å². The molecule has 0 aliphatic carbocycles. The van der Waals surface area contributed by atoms with Crippen LogP contribution in [0.25, 0.3) is 16.8 Å². The molecule has 152 valence electrons. The molecule has 6 heteroatoms. The number of para-hydroxylation sites is 1. The lowest BCUT2D eigenvalue weighted by Gasteiger charge is -2.33. The second kappa shape index (κ2) is 9.33. The summed E-state index contributed by atoms with van der Waals surface area (Å²) in [5, 5.41) is 20.2. The monoisotopic (exact) mass is 400 g/mol. The van der Waals surface area contributed by atoms with E-state index in [4.69, 9.17) is 0 Å². The van der Waals surface area contributed by atoms with E-state index < -0.39 is 0 Å². The molecule has 3 aromatic rings. The maximum Gasteiger partial charge on any atom is 0.276 e. The number of nitro groups is 1. The van der Waals surface area contributed by atoms with Crippen LogP contribution < -0.4 is 0 Å². The van der Waals surface area contributed by atoms with Crippen molar-refractivity contribution >= 4 is 28.8 Å². The molecule has 0 atom stereocenters. The van der Waals surface area contributed by atoms with Gasteiger partial charge >= 0.3 is 0 Å². The third-order valence-electron chi connectivity index (χ3n) is 5.35. The Bertz CT molecular complexity index is 1080. The Morgan fingerprint density at radius 2 is 1.67 bits per heavy atom. The Morgan fingerprint density at radius 1 is 0.933 bits per heavy atom. The lowest BCUT2D eigenvalue weighted by atomic mass is 10.0. The van der Waals surface area contributed by atoms with Crippen molar-refractivity contribution in [1.82, 2.24) is 9.91 Å². The Balaban J connectivity index is 1.31. The van der Waals surface area contributed by atoms with Crippen molar-refractivity contribution in [3.05, 3.63) is 94.0 Å². The molecule has 30 heavy (non-hydrogen) atoms. The van der Waals surface area contributed by atoms with Crippen molar-refractivity contribution in [2.45, 2.75) is 6.54 Å². The van der Waals surface area contributed by atoms with Gasteiger partial charge in [0.25, 0.3) is 5.69 Å². The number of benzene rings is 3. The topological polar surface area (TPSA) is 62.0 Å². The van der Waals surface area contributed by atoms with Crippen LogP contribution >= 0.6 is 0 Å². The molecular weight excluding hydrogens is 376 g/mol. The molecule has 0 unspecified atom stereocenters. The van der Waals surface area contributed by atoms with Gasteiger partial charge in [0, 0.05) is 45.0 Å². The van der Waals surface area contributed by atoms with Gasteiger partial charge in [0.15, 0.2) is 0 Å². The molecule has 4 rings (SSSR count). The zero-order chi connectivity index (χ0) is 20.8. The van der Waals surface area contributed by atoms with Crippen molar-refractivity contribution in [2.75, 3.05) is 26.2 Å². The molecule has 6 nitrogen and oxygen atoms in total. The van der Waals surface area contributed by atoms with E-state index in [1.165, 1.54) is 22.4 Å². The average Bonchev–Trinajstić information content (AvgIpc) is 2.78. The molecule has 1 fully saturated rings. The van der Waals surface area contributed by atoms with Crippen LogP contribution in [0.2, 0.25) is 0 Å². The van der Waals surface area contributed by atoms with Crippen LogP contribution in [0.4, 0.5) is 5.69 Å². The number of nitro benzene ring substituents is 1. The molecule has 1 aliphatic rings. The molecular formula is C24H24N4O2. The number of piperazine rings is 1. The van der Waals surface area contributed by atoms with E-state index in [0.29, 0.717) is 5.56 Å². The number of hydrogen-bond acceptors (Lipinski definition) is 5. The summed E-state index contributed by atoms with van der Waals surface area (Å²) in [6.07, 6.45) is 5.18. The first kappa shape index (κ1) is 19.8. The molecule has 0 spiro atoms. The van der Waals surface area contributed by atoms with Gasteiger partial charge in [0.2, 0.25) is 0 Å². The predicted molar refractivity (Wildman–Crippen MR) is 121 cm³/mol. The minimum absolute atomic E-state index is 0.101. The van der Waals surface area contributed by atoms with E-state index in [1.54, 1.807) is 36.6 Å². The smallest absolute Gasteiger partial charge is 0.276 e. The summed E-state index contributed by atoms with van der Waals surface area (Å²) in [5.41, 5.74) is 2.04. The zero-order valence-electron chi connectivity index (χ0n) is 16.7. The van der Waals surface area contributed by atoms with E-state index in [2.05, 4.69) is 52.5 Å². The van der Waals surface area contributed by atoms with Crippen LogP contribution in [0, 0.1) is 10.1 Å². The summed E-state index contributed by atoms with van der Waals surface area (Å²) >= 11 is 0. The summed E-state index contributed by atoms with van der Waals surface area (Å²) in [4.78, 5) is 13.1. The fourth-order valence-electron chi connectivity index (χ4n) is 3.76. The summed E-state index contributed by atoms with van der Waals surface area (Å²) < 4.78 is 0. The largest absolute Gasteiger partial charge is 0.295 e. The first-order chi connectivity index (χ1) is 14.7. The quantitative estimate of drug-likeness (QED) is 0.346. The van der Waals surface area contributed by atoms with E-state index in [1.807, 2.05) is 5.01 Å². The minimum Gasteiger partial charge on any atom is -0.295 e. The first-order valence-corrected chi connectivity index (χ1v) is 10.1. The molecule has 0 bridgehead atoms. The van der Waals surface area contributed by atoms with Gasteiger partial charge in [0.1, 0.15) is 0 Å². The SMILES string of the molecule is O=[N+]([O-])c1ccccc1/C=C\C=N\N1CCN(Cc2cccc3ccccc23)CC1. The second-order valence-corrected chi connectivity index (χ2v) is 7.31. The Hall–Kier alpha value is -3.51. The number of nitrogens with zero attached hydrogens (tertiary/aromatic N) is 4. The highest BCUT2D eigenvalue weighted by atomic mass is 16.6. The van der Waals surface area contributed by atoms with E-state index in [9.17, 15) is 10.1 Å². The Morgan fingerprint density at radius 3 is 2.50 bits per heavy atom. The van der Waals surface area contributed by atoms with Crippen molar-refractivity contribution < 1.29 is 4.92 Å². The minimum atomic E-state index is -0.369. The van der Waals surface area contributed by atoms with E-state index >= 15 is 0 Å². The molecule has 1 heterocycles. The third-order valence-corrected chi connectivity index (χ3v) is 5.35. The van der Waals surface area contributed by atoms with Gasteiger partial charge in [-0.25, -0.2) is 0 Å². The lowest BCUT2D eigenvalue weighted by Crippen LogP contribution is -2.43. The summed E-state index contributed by atoms with van der Waals surface area (Å²) in [6.45, 7) is 4.57. The molecule has 0 aromatic heterocycles. The summed E-state index contributed by atoms with van der Waals surface area (Å²) in [5.74, 6) is 0. The van der Waals surface area contributed by atoms with Gasteiger partial charge < -0.3 is 0 Å². The van der Waals surface area contributed by atoms with Crippen molar-refractivity contribution in [1.29, 1.82) is 0 Å². The molecule has 0 amide bonds. The zero-order valence-corrected chi connectivity index (χ0v) is 16.7. The lowest BCUT2D eigenvalue weighted by molar-refractivity contribution is -0.385. The van der Waals surface area contributed by atoms with Gasteiger partial charge in [-0.1, -0.05) is 54.6 Å². The van der Waals surface area contributed by atoms with Crippen LogP contribution in [0.3, 0.4) is 0 Å². The first-order valence-electron chi connectivity index (χ1n) is 10.1. The highest BCUT2D eigenvalue weighted by Gasteiger charge is 2.16. The van der Waals surface area contributed by atoms with Crippen molar-refractivity contribution in [3.8, 4) is 0 Å². The van der Waals surface area contributed by atoms with Crippen LogP contribution in [0.1, 0.15) is 11.1 Å². The number of hydrogen-bond donors (Lipinski definition) is 0. The van der Waals surface area contributed by atoms with Gasteiger partial charge in [-0.05, 0) is 34.6 Å². The standard InChI is InChI=1S/C24H24N4O2/c29-28(30)24-13-4-2-8-21(24)11-6-14-25-27-17-15-26(16-18-27)19-22-10-5-9-20-7-1-3-12-23(20)22/h1-14H,15-19H2/b11-6-,25-14+. The number of fused-ring (bicyclic) bond motifs is 1. The normalized spacial score (nSPS) is 15.4. The van der Waals surface area contributed by atoms with E-state index in [-0.39, 0.29) is 10.6 Å². The second-order valence-electron chi connectivity index (χ2n) is 7.31. The number of hydrazone groups is 1. The fraction of sp³-hybridized carbons (Fsp3) is 0.208. The number of rotatable bonds is 6. The molecule has 0 N–H and O–H groups in total. The maximum atomic E-state index is 11.1. The Kier molecular flexibility index (Phi) is 6.15. The summed E-state index contributed by atoms with van der Waals surface area (Å²) in [6, 6.07) is 21.7. The molecule has 1 saturated heterocycles. The van der Waals surface area contributed by atoms with Gasteiger partial charge in [-0.3, -0.25) is 20.0 Å². The molecule has 0 saturated carbocycles. The van der Waals surface area contributed by atoms with Crippen LogP contribution in [0.15, 0.2) is 77.9 Å². The third kappa shape index (κ3) is 4.72. The summed E-state index contributed by atoms with van der Waals surface area (Å²) in [7, 11) is 0. The fourth-order valence-corrected chi connectivity index (χ4v) is 3.76. The molecule has 1 aliphatic heterocycles. The van der Waals surface area contributed by atoms with Crippen molar-refractivity contribution in [3.63, 3.8) is 0 Å².